The number of benzene rings is 7. The van der Waals surface area contributed by atoms with Crippen molar-refractivity contribution in [3.8, 4) is 56.3 Å². The molecule has 0 saturated carbocycles. The highest BCUT2D eigenvalue weighted by Crippen LogP contribution is 2.45. The first-order valence-electron chi connectivity index (χ1n) is 18.0. The maximum Gasteiger partial charge on any atom is 0.160 e. The van der Waals surface area contributed by atoms with Crippen LogP contribution in [0.2, 0.25) is 0 Å². The second kappa shape index (κ2) is 12.3. The highest BCUT2D eigenvalue weighted by molar-refractivity contribution is 7.26. The number of rotatable bonds is 5. The van der Waals surface area contributed by atoms with Crippen LogP contribution in [-0.2, 0) is 0 Å². The van der Waals surface area contributed by atoms with Crippen molar-refractivity contribution in [3.05, 3.63) is 176 Å². The van der Waals surface area contributed by atoms with E-state index in [1.807, 2.05) is 59.9 Å². The molecule has 11 rings (SSSR count). The monoisotopic (exact) mass is 707 g/mol. The molecule has 5 heteroatoms. The van der Waals surface area contributed by atoms with E-state index in [2.05, 4.69) is 127 Å². The van der Waals surface area contributed by atoms with Crippen LogP contribution in [0.5, 0.6) is 0 Å². The molecule has 7 aromatic carbocycles. The maximum absolute atomic E-state index is 6.70. The van der Waals surface area contributed by atoms with E-state index in [9.17, 15) is 0 Å². The van der Waals surface area contributed by atoms with Crippen LogP contribution in [0.4, 0.5) is 0 Å². The number of fused-ring (bicyclic) bond motifs is 8. The molecule has 0 N–H and O–H groups in total. The minimum Gasteiger partial charge on any atom is -0.455 e. The van der Waals surface area contributed by atoms with Gasteiger partial charge in [0.25, 0.3) is 0 Å². The van der Waals surface area contributed by atoms with Crippen molar-refractivity contribution in [1.29, 1.82) is 0 Å². The van der Waals surface area contributed by atoms with E-state index >= 15 is 0 Å². The van der Waals surface area contributed by atoms with E-state index < -0.39 is 0 Å². The van der Waals surface area contributed by atoms with Gasteiger partial charge in [0.1, 0.15) is 11.2 Å². The molecule has 0 bridgehead atoms. The predicted octanol–water partition coefficient (Wildman–Crippen LogP) is 13.6. The number of hydrogen-bond donors (Lipinski definition) is 0. The van der Waals surface area contributed by atoms with Gasteiger partial charge >= 0.3 is 0 Å². The Bertz CT molecular complexity index is 3140. The van der Waals surface area contributed by atoms with E-state index in [0.717, 1.165) is 77.7 Å². The Balaban J connectivity index is 1.11. The lowest BCUT2D eigenvalue weighted by Crippen LogP contribution is -1.96. The van der Waals surface area contributed by atoms with Crippen molar-refractivity contribution < 1.29 is 4.42 Å². The fourth-order valence-corrected chi connectivity index (χ4v) is 8.97. The summed E-state index contributed by atoms with van der Waals surface area (Å²) >= 11 is 1.84. The minimum absolute atomic E-state index is 0.672. The summed E-state index contributed by atoms with van der Waals surface area (Å²) in [6, 6.07) is 61.1. The molecule has 0 spiro atoms. The average molecular weight is 708 g/mol. The van der Waals surface area contributed by atoms with Gasteiger partial charge in [-0.05, 0) is 24.3 Å². The summed E-state index contributed by atoms with van der Waals surface area (Å²) in [7, 11) is 0. The molecule has 0 saturated heterocycles. The molecule has 4 nitrogen and oxygen atoms in total. The van der Waals surface area contributed by atoms with Gasteiger partial charge in [0.15, 0.2) is 5.82 Å². The van der Waals surface area contributed by atoms with Gasteiger partial charge in [-0.2, -0.15) is 0 Å². The Labute approximate surface area is 314 Å². The van der Waals surface area contributed by atoms with E-state index in [0.29, 0.717) is 5.82 Å². The highest BCUT2D eigenvalue weighted by atomic mass is 32.1. The van der Waals surface area contributed by atoms with Crippen LogP contribution >= 0.6 is 11.3 Å². The molecule has 0 aliphatic carbocycles. The second-order valence-electron chi connectivity index (χ2n) is 13.5. The Morgan fingerprint density at radius 3 is 1.76 bits per heavy atom. The van der Waals surface area contributed by atoms with Crippen LogP contribution in [0.25, 0.3) is 109 Å². The number of para-hydroxylation sites is 2. The van der Waals surface area contributed by atoms with Gasteiger partial charge in [0.2, 0.25) is 0 Å². The Hall–Kier alpha value is -6.95. The zero-order valence-corrected chi connectivity index (χ0v) is 29.7. The normalized spacial score (nSPS) is 11.7. The third-order valence-electron chi connectivity index (χ3n) is 10.3. The predicted molar refractivity (Wildman–Crippen MR) is 225 cm³/mol. The van der Waals surface area contributed by atoms with Crippen LogP contribution in [0.15, 0.2) is 180 Å². The van der Waals surface area contributed by atoms with E-state index in [-0.39, 0.29) is 0 Å². The molecule has 54 heavy (non-hydrogen) atoms. The molecule has 4 heterocycles. The van der Waals surface area contributed by atoms with Gasteiger partial charge in [-0.15, -0.1) is 11.3 Å². The first kappa shape index (κ1) is 30.7. The van der Waals surface area contributed by atoms with Crippen LogP contribution in [-0.4, -0.2) is 15.0 Å². The second-order valence-corrected chi connectivity index (χ2v) is 14.6. The number of hydrogen-bond acceptors (Lipinski definition) is 5. The number of furan rings is 1. The lowest BCUT2D eigenvalue weighted by atomic mass is 9.97. The van der Waals surface area contributed by atoms with Crippen LogP contribution < -0.4 is 0 Å². The van der Waals surface area contributed by atoms with Crippen LogP contribution in [0.1, 0.15) is 0 Å². The fourth-order valence-electron chi connectivity index (χ4n) is 7.74. The number of thiophene rings is 1. The van der Waals surface area contributed by atoms with Crippen molar-refractivity contribution in [1.82, 2.24) is 15.0 Å². The average Bonchev–Trinajstić information content (AvgIpc) is 3.83. The molecule has 11 aromatic rings. The van der Waals surface area contributed by atoms with Crippen molar-refractivity contribution in [2.75, 3.05) is 0 Å². The summed E-state index contributed by atoms with van der Waals surface area (Å²) in [5.41, 5.74) is 11.5. The van der Waals surface area contributed by atoms with Gasteiger partial charge in [-0.25, -0.2) is 15.0 Å². The topological polar surface area (TPSA) is 51.8 Å². The van der Waals surface area contributed by atoms with Crippen molar-refractivity contribution in [2.45, 2.75) is 0 Å². The largest absolute Gasteiger partial charge is 0.455 e. The molecule has 4 aromatic heterocycles. The molecule has 0 amide bonds. The van der Waals surface area contributed by atoms with Crippen LogP contribution in [0, 0.1) is 0 Å². The Morgan fingerprint density at radius 1 is 0.426 bits per heavy atom. The lowest BCUT2D eigenvalue weighted by Gasteiger charge is -2.12. The van der Waals surface area contributed by atoms with Gasteiger partial charge in [-0.3, -0.25) is 0 Å². The molecule has 0 atom stereocenters. The van der Waals surface area contributed by atoms with Crippen molar-refractivity contribution >= 4 is 64.4 Å². The highest BCUT2D eigenvalue weighted by Gasteiger charge is 2.21. The zero-order valence-electron chi connectivity index (χ0n) is 28.9. The summed E-state index contributed by atoms with van der Waals surface area (Å²) in [4.78, 5) is 15.7. The summed E-state index contributed by atoms with van der Waals surface area (Å²) in [6.45, 7) is 0. The first-order valence-corrected chi connectivity index (χ1v) is 18.8. The van der Waals surface area contributed by atoms with Crippen LogP contribution in [0.3, 0.4) is 0 Å². The van der Waals surface area contributed by atoms with E-state index in [1.54, 1.807) is 0 Å². The zero-order chi connectivity index (χ0) is 35.6. The van der Waals surface area contributed by atoms with Crippen molar-refractivity contribution in [2.24, 2.45) is 0 Å². The summed E-state index contributed by atoms with van der Waals surface area (Å²) < 4.78 is 9.24. The molecular formula is C49H29N3OS. The Morgan fingerprint density at radius 2 is 1.02 bits per heavy atom. The number of pyridine rings is 1. The molecular weight excluding hydrogens is 679 g/mol. The third-order valence-corrected chi connectivity index (χ3v) is 11.5. The van der Waals surface area contributed by atoms with Gasteiger partial charge in [-0.1, -0.05) is 152 Å². The molecule has 252 valence electrons. The first-order chi connectivity index (χ1) is 26.8. The standard InChI is InChI=1S/C49H29N3OS/c1-3-13-30(14-4-1)40-29-41(31-15-5-2-6-16-31)51-49(50-40)33-27-25-32(26-28-33)45-44-38-18-7-9-23-42(38)53-47(44)39-22-11-19-35(46(39)52-45)37-21-12-20-36-34-17-8-10-24-43(34)54-48(36)37/h1-29H. The van der Waals surface area contributed by atoms with Gasteiger partial charge in [0.05, 0.1) is 28.0 Å². The SMILES string of the molecule is c1ccc(-c2cc(-c3ccccc3)nc(-c3ccc(-c4nc5c(-c6cccc7c6sc6ccccc67)cccc5c5oc6ccccc6c45)cc3)n2)cc1. The fraction of sp³-hybridized carbons (Fsp3) is 0. The molecule has 0 aliphatic heterocycles. The third kappa shape index (κ3) is 4.94. The molecule has 0 fully saturated rings. The summed E-state index contributed by atoms with van der Waals surface area (Å²) in [5.74, 6) is 0.672. The van der Waals surface area contributed by atoms with E-state index in [1.165, 1.54) is 25.7 Å². The molecule has 0 unspecified atom stereocenters. The number of aromatic nitrogens is 3. The number of nitrogens with zero attached hydrogens (tertiary/aromatic N) is 3. The maximum atomic E-state index is 6.70. The lowest BCUT2D eigenvalue weighted by molar-refractivity contribution is 0.672. The summed E-state index contributed by atoms with van der Waals surface area (Å²) in [5, 5.41) is 5.60. The van der Waals surface area contributed by atoms with Crippen molar-refractivity contribution in [3.63, 3.8) is 0 Å². The van der Waals surface area contributed by atoms with E-state index in [4.69, 9.17) is 19.4 Å². The smallest absolute Gasteiger partial charge is 0.160 e. The van der Waals surface area contributed by atoms with Gasteiger partial charge in [0, 0.05) is 64.3 Å². The molecule has 0 radical (unpaired) electrons. The Kier molecular flexibility index (Phi) is 7.00. The van der Waals surface area contributed by atoms with Gasteiger partial charge < -0.3 is 4.42 Å². The summed E-state index contributed by atoms with van der Waals surface area (Å²) in [6.07, 6.45) is 0. The molecule has 0 aliphatic rings. The minimum atomic E-state index is 0.672. The quantitative estimate of drug-likeness (QED) is 0.179.